The van der Waals surface area contributed by atoms with Crippen molar-refractivity contribution in [2.45, 2.75) is 13.5 Å². The number of nitrogens with zero attached hydrogens (tertiary/aromatic N) is 5. The third kappa shape index (κ3) is 3.20. The first kappa shape index (κ1) is 16.7. The smallest absolute Gasteiger partial charge is 0.225 e. The van der Waals surface area contributed by atoms with Gasteiger partial charge in [-0.1, -0.05) is 6.07 Å². The molecule has 1 aliphatic rings. The highest BCUT2D eigenvalue weighted by Gasteiger charge is 2.17. The van der Waals surface area contributed by atoms with Crippen molar-refractivity contribution < 1.29 is 9.13 Å². The highest BCUT2D eigenvalue weighted by Crippen LogP contribution is 2.20. The first-order valence-corrected chi connectivity index (χ1v) is 8.63. The maximum absolute atomic E-state index is 14.1. The molecule has 1 saturated heterocycles. The first-order chi connectivity index (χ1) is 12.6. The minimum Gasteiger partial charge on any atom is -0.378 e. The Morgan fingerprint density at radius 3 is 2.85 bits per heavy atom. The molecule has 1 aromatic carbocycles. The summed E-state index contributed by atoms with van der Waals surface area (Å²) in [5.41, 5.74) is 3.12. The number of anilines is 2. The minimum atomic E-state index is -0.414. The van der Waals surface area contributed by atoms with Gasteiger partial charge in [-0.15, -0.1) is 0 Å². The monoisotopic (exact) mass is 356 g/mol. The second-order valence-corrected chi connectivity index (χ2v) is 6.36. The number of morpholine rings is 1. The Morgan fingerprint density at radius 1 is 1.23 bits per heavy atom. The Bertz CT molecular complexity index is 935. The summed E-state index contributed by atoms with van der Waals surface area (Å²) in [6.07, 6.45) is 1.21. The van der Waals surface area contributed by atoms with Gasteiger partial charge in [-0.3, -0.25) is 0 Å². The molecular weight excluding hydrogens is 335 g/mol. The first-order valence-electron chi connectivity index (χ1n) is 8.63. The van der Waals surface area contributed by atoms with Crippen molar-refractivity contribution in [2.24, 2.45) is 7.05 Å². The van der Waals surface area contributed by atoms with Gasteiger partial charge in [0.2, 0.25) is 5.95 Å². The Balaban J connectivity index is 1.50. The minimum absolute atomic E-state index is 0.321. The van der Waals surface area contributed by atoms with Crippen LogP contribution in [0, 0.1) is 12.7 Å². The lowest BCUT2D eigenvalue weighted by molar-refractivity contribution is 0.122. The molecule has 0 amide bonds. The molecule has 0 spiro atoms. The van der Waals surface area contributed by atoms with E-state index in [4.69, 9.17) is 4.74 Å². The summed E-state index contributed by atoms with van der Waals surface area (Å²) in [5, 5.41) is 3.17. The number of hydrogen-bond donors (Lipinski definition) is 1. The second kappa shape index (κ2) is 6.87. The molecule has 0 aliphatic carbocycles. The molecule has 136 valence electrons. The lowest BCUT2D eigenvalue weighted by Gasteiger charge is -2.28. The van der Waals surface area contributed by atoms with E-state index in [0.29, 0.717) is 44.6 Å². The summed E-state index contributed by atoms with van der Waals surface area (Å²) in [4.78, 5) is 14.8. The van der Waals surface area contributed by atoms with Gasteiger partial charge in [-0.25, -0.2) is 14.4 Å². The van der Waals surface area contributed by atoms with Crippen LogP contribution in [0.2, 0.25) is 0 Å². The standard InChI is InChI=1S/C18H21FN6O/c1-12-22-15-9-13(3-4-16(15)24(12)2)10-20-18-21-11-14(19)17(23-18)25-5-7-26-8-6-25/h3-4,9,11H,5-8,10H2,1-2H3,(H,20,21,23). The van der Waals surface area contributed by atoms with E-state index in [-0.39, 0.29) is 0 Å². The van der Waals surface area contributed by atoms with Crippen LogP contribution < -0.4 is 10.2 Å². The van der Waals surface area contributed by atoms with Crippen LogP contribution in [0.3, 0.4) is 0 Å². The van der Waals surface area contributed by atoms with E-state index < -0.39 is 5.82 Å². The van der Waals surface area contributed by atoms with E-state index in [1.807, 2.05) is 31.0 Å². The molecule has 0 bridgehead atoms. The van der Waals surface area contributed by atoms with E-state index in [2.05, 4.69) is 30.9 Å². The predicted octanol–water partition coefficient (Wildman–Crippen LogP) is 2.26. The normalized spacial score (nSPS) is 14.8. The number of fused-ring (bicyclic) bond motifs is 1. The zero-order valence-electron chi connectivity index (χ0n) is 14.9. The number of ether oxygens (including phenoxy) is 1. The molecule has 1 N–H and O–H groups in total. The number of aryl methyl sites for hydroxylation is 2. The number of halogens is 1. The molecule has 4 rings (SSSR count). The fraction of sp³-hybridized carbons (Fsp3) is 0.389. The quantitative estimate of drug-likeness (QED) is 0.773. The van der Waals surface area contributed by atoms with Gasteiger partial charge in [0.05, 0.1) is 30.4 Å². The third-order valence-corrected chi connectivity index (χ3v) is 4.66. The highest BCUT2D eigenvalue weighted by atomic mass is 19.1. The average molecular weight is 356 g/mol. The maximum atomic E-state index is 14.1. The highest BCUT2D eigenvalue weighted by molar-refractivity contribution is 5.76. The number of rotatable bonds is 4. The van der Waals surface area contributed by atoms with E-state index in [9.17, 15) is 4.39 Å². The number of benzene rings is 1. The number of hydrogen-bond acceptors (Lipinski definition) is 6. The molecule has 0 unspecified atom stereocenters. The average Bonchev–Trinajstić information content (AvgIpc) is 2.95. The Morgan fingerprint density at radius 2 is 2.04 bits per heavy atom. The van der Waals surface area contributed by atoms with Crippen molar-refractivity contribution in [3.63, 3.8) is 0 Å². The Kier molecular flexibility index (Phi) is 4.42. The van der Waals surface area contributed by atoms with Crippen molar-refractivity contribution in [3.8, 4) is 0 Å². The van der Waals surface area contributed by atoms with Crippen molar-refractivity contribution in [2.75, 3.05) is 36.5 Å². The number of nitrogens with one attached hydrogen (secondary N) is 1. The number of aromatic nitrogens is 4. The van der Waals surface area contributed by atoms with Crippen molar-refractivity contribution in [1.29, 1.82) is 0 Å². The summed E-state index contributed by atoms with van der Waals surface area (Å²) >= 11 is 0. The Hall–Kier alpha value is -2.74. The van der Waals surface area contributed by atoms with Crippen LogP contribution in [0.5, 0.6) is 0 Å². The van der Waals surface area contributed by atoms with Gasteiger partial charge < -0.3 is 19.5 Å². The number of imidazole rings is 1. The molecule has 0 atom stereocenters. The van der Waals surface area contributed by atoms with E-state index in [0.717, 1.165) is 22.4 Å². The van der Waals surface area contributed by atoms with Gasteiger partial charge in [-0.2, -0.15) is 4.98 Å². The molecule has 8 heteroatoms. The van der Waals surface area contributed by atoms with E-state index in [1.165, 1.54) is 6.20 Å². The van der Waals surface area contributed by atoms with Gasteiger partial charge in [0.25, 0.3) is 0 Å². The molecule has 0 saturated carbocycles. The van der Waals surface area contributed by atoms with Crippen LogP contribution in [-0.2, 0) is 18.3 Å². The van der Waals surface area contributed by atoms with Crippen molar-refractivity contribution >= 4 is 22.8 Å². The third-order valence-electron chi connectivity index (χ3n) is 4.66. The van der Waals surface area contributed by atoms with Gasteiger partial charge >= 0.3 is 0 Å². The molecule has 1 aliphatic heterocycles. The van der Waals surface area contributed by atoms with Crippen LogP contribution >= 0.6 is 0 Å². The van der Waals surface area contributed by atoms with Crippen LogP contribution in [0.25, 0.3) is 11.0 Å². The van der Waals surface area contributed by atoms with Gasteiger partial charge in [0.1, 0.15) is 5.82 Å². The molecule has 1 fully saturated rings. The zero-order valence-corrected chi connectivity index (χ0v) is 14.9. The largest absolute Gasteiger partial charge is 0.378 e. The maximum Gasteiger partial charge on any atom is 0.225 e. The molecule has 0 radical (unpaired) electrons. The fourth-order valence-electron chi connectivity index (χ4n) is 3.10. The summed E-state index contributed by atoms with van der Waals surface area (Å²) in [6, 6.07) is 6.14. The Labute approximate surface area is 150 Å². The summed E-state index contributed by atoms with van der Waals surface area (Å²) in [5.74, 6) is 1.29. The van der Waals surface area contributed by atoms with Gasteiger partial charge in [0.15, 0.2) is 11.6 Å². The summed E-state index contributed by atoms with van der Waals surface area (Å²) in [6.45, 7) is 4.94. The second-order valence-electron chi connectivity index (χ2n) is 6.36. The van der Waals surface area contributed by atoms with Gasteiger partial charge in [-0.05, 0) is 24.6 Å². The van der Waals surface area contributed by atoms with Crippen LogP contribution in [-0.4, -0.2) is 45.8 Å². The molecular formula is C18H21FN6O. The van der Waals surface area contributed by atoms with Crippen LogP contribution in [0.1, 0.15) is 11.4 Å². The van der Waals surface area contributed by atoms with E-state index >= 15 is 0 Å². The topological polar surface area (TPSA) is 68.1 Å². The van der Waals surface area contributed by atoms with E-state index in [1.54, 1.807) is 0 Å². The van der Waals surface area contributed by atoms with Crippen LogP contribution in [0.4, 0.5) is 16.2 Å². The molecule has 3 aromatic rings. The molecule has 7 nitrogen and oxygen atoms in total. The molecule has 2 aromatic heterocycles. The SMILES string of the molecule is Cc1nc2cc(CNc3ncc(F)c(N4CCOCC4)n3)ccc2n1C. The van der Waals surface area contributed by atoms with Crippen molar-refractivity contribution in [3.05, 3.63) is 41.6 Å². The summed E-state index contributed by atoms with van der Waals surface area (Å²) in [7, 11) is 2.00. The van der Waals surface area contributed by atoms with Crippen molar-refractivity contribution in [1.82, 2.24) is 19.5 Å². The van der Waals surface area contributed by atoms with Crippen LogP contribution in [0.15, 0.2) is 24.4 Å². The predicted molar refractivity (Wildman–Crippen MR) is 97.8 cm³/mol. The summed E-state index contributed by atoms with van der Waals surface area (Å²) < 4.78 is 21.5. The van der Waals surface area contributed by atoms with Gasteiger partial charge in [0, 0.05) is 26.7 Å². The zero-order chi connectivity index (χ0) is 18.1. The fourth-order valence-corrected chi connectivity index (χ4v) is 3.10. The lowest BCUT2D eigenvalue weighted by atomic mass is 10.2. The molecule has 26 heavy (non-hydrogen) atoms. The lowest BCUT2D eigenvalue weighted by Crippen LogP contribution is -2.37. The molecule has 3 heterocycles.